The Labute approximate surface area is 129 Å². The van der Waals surface area contributed by atoms with E-state index in [1.165, 1.54) is 4.68 Å². The van der Waals surface area contributed by atoms with E-state index in [0.29, 0.717) is 5.65 Å². The molecule has 1 amide bonds. The highest BCUT2D eigenvalue weighted by atomic mass is 19.4. The number of aryl methyl sites for hydroxylation is 1. The molecule has 0 unspecified atom stereocenters. The van der Waals surface area contributed by atoms with Gasteiger partial charge in [-0.25, -0.2) is 9.67 Å². The molecule has 0 spiro atoms. The molecule has 2 aromatic heterocycles. The van der Waals surface area contributed by atoms with Gasteiger partial charge in [0.15, 0.2) is 11.5 Å². The molecule has 3 heterocycles. The molecule has 124 valence electrons. The normalized spacial score (nSPS) is 15.5. The van der Waals surface area contributed by atoms with Crippen molar-refractivity contribution in [3.63, 3.8) is 0 Å². The van der Waals surface area contributed by atoms with E-state index >= 15 is 0 Å². The molecule has 0 bridgehead atoms. The molecule has 3 rings (SSSR count). The quantitative estimate of drug-likeness (QED) is 0.761. The molecule has 1 fully saturated rings. The first-order chi connectivity index (χ1) is 10.8. The third-order valence-electron chi connectivity index (χ3n) is 3.57. The lowest BCUT2D eigenvalue weighted by atomic mass is 10.2. The van der Waals surface area contributed by atoms with Crippen LogP contribution >= 0.6 is 0 Å². The van der Waals surface area contributed by atoms with Gasteiger partial charge in [0.1, 0.15) is 0 Å². The maximum absolute atomic E-state index is 12.8. The van der Waals surface area contributed by atoms with Gasteiger partial charge in [0.2, 0.25) is 5.91 Å². The van der Waals surface area contributed by atoms with Crippen LogP contribution < -0.4 is 16.0 Å². The molecule has 1 saturated heterocycles. The summed E-state index contributed by atoms with van der Waals surface area (Å²) in [6, 6.07) is 1.08. The minimum absolute atomic E-state index is 0.0706. The van der Waals surface area contributed by atoms with Gasteiger partial charge < -0.3 is 16.0 Å². The minimum atomic E-state index is -4.48. The number of alkyl halides is 3. The van der Waals surface area contributed by atoms with Crippen LogP contribution in [0, 0.1) is 0 Å². The molecular formula is C13H15F3N6O. The lowest BCUT2D eigenvalue weighted by molar-refractivity contribution is -0.137. The zero-order valence-corrected chi connectivity index (χ0v) is 12.2. The summed E-state index contributed by atoms with van der Waals surface area (Å²) < 4.78 is 39.8. The number of anilines is 1. The van der Waals surface area contributed by atoms with Crippen molar-refractivity contribution < 1.29 is 18.0 Å². The Morgan fingerprint density at radius 2 is 2.22 bits per heavy atom. The van der Waals surface area contributed by atoms with Gasteiger partial charge in [-0.15, -0.1) is 0 Å². The number of carbonyl (C=O) groups excluding carboxylic acids is 1. The van der Waals surface area contributed by atoms with Crippen molar-refractivity contribution in [1.82, 2.24) is 25.4 Å². The molecule has 23 heavy (non-hydrogen) atoms. The molecule has 0 saturated carbocycles. The maximum Gasteiger partial charge on any atom is 0.417 e. The predicted octanol–water partition coefficient (Wildman–Crippen LogP) is 0.487. The fourth-order valence-corrected chi connectivity index (χ4v) is 2.26. The zero-order chi connectivity index (χ0) is 16.6. The first-order valence-electron chi connectivity index (χ1n) is 6.98. The molecule has 7 nitrogen and oxygen atoms in total. The first-order valence-corrected chi connectivity index (χ1v) is 6.98. The van der Waals surface area contributed by atoms with Crippen LogP contribution in [0.4, 0.5) is 19.0 Å². The molecule has 1 aliphatic heterocycles. The summed E-state index contributed by atoms with van der Waals surface area (Å²) in [7, 11) is 1.58. The Balaban J connectivity index is 1.78. The number of amides is 1. The number of hydrogen-bond donors (Lipinski definition) is 3. The average Bonchev–Trinajstić information content (AvgIpc) is 2.76. The number of hydrogen-bond acceptors (Lipinski definition) is 5. The summed E-state index contributed by atoms with van der Waals surface area (Å²) >= 11 is 0. The summed E-state index contributed by atoms with van der Waals surface area (Å²) in [6.07, 6.45) is -3.72. The Morgan fingerprint density at radius 1 is 1.48 bits per heavy atom. The number of carbonyl (C=O) groups is 1. The van der Waals surface area contributed by atoms with Crippen LogP contribution in [0.3, 0.4) is 0 Å². The summed E-state index contributed by atoms with van der Waals surface area (Å²) in [5.74, 6) is -0.0433. The standard InChI is InChI=1S/C13H15F3N6O/c1-22-12-9(2-7(3-19-12)13(14,15)16)11(21-22)18-6-10(23)20-8-4-17-5-8/h2-3,8,17H,4-6H2,1H3,(H,18,21)(H,20,23). The van der Waals surface area contributed by atoms with Gasteiger partial charge in [-0.05, 0) is 6.07 Å². The Hall–Kier alpha value is -2.36. The molecule has 0 aliphatic carbocycles. The van der Waals surface area contributed by atoms with E-state index in [1.807, 2.05) is 0 Å². The van der Waals surface area contributed by atoms with Crippen LogP contribution in [0.1, 0.15) is 5.56 Å². The number of nitrogens with one attached hydrogen (secondary N) is 3. The third kappa shape index (κ3) is 3.21. The lowest BCUT2D eigenvalue weighted by Crippen LogP contribution is -2.57. The molecule has 0 radical (unpaired) electrons. The van der Waals surface area contributed by atoms with Crippen molar-refractivity contribution >= 4 is 22.8 Å². The van der Waals surface area contributed by atoms with E-state index in [0.717, 1.165) is 25.4 Å². The molecular weight excluding hydrogens is 313 g/mol. The van der Waals surface area contributed by atoms with Crippen molar-refractivity contribution in [2.24, 2.45) is 7.05 Å². The van der Waals surface area contributed by atoms with Crippen molar-refractivity contribution in [3.8, 4) is 0 Å². The van der Waals surface area contributed by atoms with Crippen molar-refractivity contribution in [2.75, 3.05) is 25.0 Å². The van der Waals surface area contributed by atoms with Crippen LogP contribution in [0.25, 0.3) is 11.0 Å². The van der Waals surface area contributed by atoms with Gasteiger partial charge >= 0.3 is 6.18 Å². The summed E-state index contributed by atoms with van der Waals surface area (Å²) in [4.78, 5) is 15.6. The highest BCUT2D eigenvalue weighted by Gasteiger charge is 2.32. The molecule has 0 atom stereocenters. The molecule has 2 aromatic rings. The van der Waals surface area contributed by atoms with Crippen molar-refractivity contribution in [3.05, 3.63) is 17.8 Å². The fourth-order valence-electron chi connectivity index (χ4n) is 2.26. The summed E-state index contributed by atoms with van der Waals surface area (Å²) in [5, 5.41) is 12.9. The van der Waals surface area contributed by atoms with Gasteiger partial charge in [0.05, 0.1) is 23.5 Å². The van der Waals surface area contributed by atoms with Crippen molar-refractivity contribution in [1.29, 1.82) is 0 Å². The number of rotatable bonds is 4. The van der Waals surface area contributed by atoms with Crippen LogP contribution in [0.2, 0.25) is 0 Å². The van der Waals surface area contributed by atoms with E-state index in [9.17, 15) is 18.0 Å². The van der Waals surface area contributed by atoms with Crippen molar-refractivity contribution in [2.45, 2.75) is 12.2 Å². The van der Waals surface area contributed by atoms with E-state index in [2.05, 4.69) is 26.0 Å². The SMILES string of the molecule is Cn1nc(NCC(=O)NC2CNC2)c2cc(C(F)(F)F)cnc21. The van der Waals surface area contributed by atoms with Crippen LogP contribution in [-0.2, 0) is 18.0 Å². The van der Waals surface area contributed by atoms with Gasteiger partial charge in [0, 0.05) is 26.3 Å². The van der Waals surface area contributed by atoms with Crippen LogP contribution in [0.15, 0.2) is 12.3 Å². The summed E-state index contributed by atoms with van der Waals surface area (Å²) in [6.45, 7) is 1.37. The summed E-state index contributed by atoms with van der Waals surface area (Å²) in [5.41, 5.74) is -0.546. The monoisotopic (exact) mass is 328 g/mol. The highest BCUT2D eigenvalue weighted by molar-refractivity contribution is 5.90. The second kappa shape index (κ2) is 5.69. The maximum atomic E-state index is 12.8. The Kier molecular flexibility index (Phi) is 3.84. The van der Waals surface area contributed by atoms with Gasteiger partial charge in [0.25, 0.3) is 0 Å². The molecule has 10 heteroatoms. The fraction of sp³-hybridized carbons (Fsp3) is 0.462. The number of aromatic nitrogens is 3. The lowest BCUT2D eigenvalue weighted by Gasteiger charge is -2.27. The molecule has 1 aliphatic rings. The molecule has 0 aromatic carbocycles. The zero-order valence-electron chi connectivity index (χ0n) is 12.2. The second-order valence-corrected chi connectivity index (χ2v) is 5.34. The van der Waals surface area contributed by atoms with E-state index in [1.54, 1.807) is 7.05 Å². The highest BCUT2D eigenvalue weighted by Crippen LogP contribution is 2.32. The average molecular weight is 328 g/mol. The number of fused-ring (bicyclic) bond motifs is 1. The topological polar surface area (TPSA) is 83.9 Å². The van der Waals surface area contributed by atoms with Gasteiger partial charge in [-0.1, -0.05) is 0 Å². The Bertz CT molecular complexity index is 737. The van der Waals surface area contributed by atoms with E-state index in [-0.39, 0.29) is 29.7 Å². The smallest absolute Gasteiger partial charge is 0.359 e. The Morgan fingerprint density at radius 3 is 2.83 bits per heavy atom. The third-order valence-corrected chi connectivity index (χ3v) is 3.57. The number of pyridine rings is 1. The first kappa shape index (κ1) is 15.5. The van der Waals surface area contributed by atoms with E-state index in [4.69, 9.17) is 0 Å². The van der Waals surface area contributed by atoms with Crippen LogP contribution in [-0.4, -0.2) is 46.3 Å². The van der Waals surface area contributed by atoms with Gasteiger partial charge in [-0.3, -0.25) is 4.79 Å². The largest absolute Gasteiger partial charge is 0.417 e. The van der Waals surface area contributed by atoms with Gasteiger partial charge in [-0.2, -0.15) is 18.3 Å². The van der Waals surface area contributed by atoms with Crippen LogP contribution in [0.5, 0.6) is 0 Å². The predicted molar refractivity (Wildman–Crippen MR) is 76.8 cm³/mol. The molecule has 3 N–H and O–H groups in total. The minimum Gasteiger partial charge on any atom is -0.359 e. The number of halogens is 3. The number of nitrogens with zero attached hydrogens (tertiary/aromatic N) is 3. The van der Waals surface area contributed by atoms with E-state index < -0.39 is 11.7 Å². The second-order valence-electron chi connectivity index (χ2n) is 5.34.